The molecule has 0 heterocycles. The molecule has 0 unspecified atom stereocenters. The quantitative estimate of drug-likeness (QED) is 0.466. The first-order valence-electron chi connectivity index (χ1n) is 6.67. The minimum Gasteiger partial charge on any atom is -0.504 e. The average molecular weight is 384 g/mol. The molecule has 0 bridgehead atoms. The predicted octanol–water partition coefficient (Wildman–Crippen LogP) is 3.38. The zero-order chi connectivity index (χ0) is 18.6. The summed E-state index contributed by atoms with van der Waals surface area (Å²) in [5, 5.41) is 25.0. The highest BCUT2D eigenvalue weighted by Gasteiger charge is 2.16. The Bertz CT molecular complexity index is 870. The van der Waals surface area contributed by atoms with Gasteiger partial charge >= 0.3 is 0 Å². The first-order chi connectivity index (χ1) is 11.8. The minimum absolute atomic E-state index is 0.00597. The number of hydrogen-bond donors (Lipinski definition) is 2. The van der Waals surface area contributed by atoms with Crippen LogP contribution in [0.2, 0.25) is 10.0 Å². The summed E-state index contributed by atoms with van der Waals surface area (Å²) in [6.45, 7) is 0. The number of nitro groups is 1. The summed E-state index contributed by atoms with van der Waals surface area (Å²) in [7, 11) is 1.25. The van der Waals surface area contributed by atoms with Crippen molar-refractivity contribution in [2.24, 2.45) is 5.10 Å². The van der Waals surface area contributed by atoms with Gasteiger partial charge in [-0.25, -0.2) is 5.43 Å². The van der Waals surface area contributed by atoms with Crippen molar-refractivity contribution in [3.63, 3.8) is 0 Å². The average Bonchev–Trinajstić information content (AvgIpc) is 2.55. The maximum atomic E-state index is 12.0. The largest absolute Gasteiger partial charge is 0.504 e. The van der Waals surface area contributed by atoms with Gasteiger partial charge in [-0.15, -0.1) is 0 Å². The van der Waals surface area contributed by atoms with Gasteiger partial charge in [-0.1, -0.05) is 23.2 Å². The van der Waals surface area contributed by atoms with Crippen LogP contribution < -0.4 is 10.2 Å². The molecule has 0 radical (unpaired) electrons. The molecule has 1 amide bonds. The van der Waals surface area contributed by atoms with Crippen LogP contribution in [0.5, 0.6) is 11.5 Å². The predicted molar refractivity (Wildman–Crippen MR) is 92.8 cm³/mol. The number of hydrogen-bond acceptors (Lipinski definition) is 6. The van der Waals surface area contributed by atoms with Gasteiger partial charge in [0.2, 0.25) is 0 Å². The molecule has 25 heavy (non-hydrogen) atoms. The topological polar surface area (TPSA) is 114 Å². The number of halogens is 2. The third-order valence-corrected chi connectivity index (χ3v) is 3.61. The number of phenolic OH excluding ortho intramolecular Hbond substituents is 1. The number of aromatic hydroxyl groups is 1. The maximum absolute atomic E-state index is 12.0. The number of carbonyl (C=O) groups is 1. The summed E-state index contributed by atoms with van der Waals surface area (Å²) in [6, 6.07) is 6.47. The highest BCUT2D eigenvalue weighted by atomic mass is 35.5. The number of carbonyl (C=O) groups excluding carboxylic acids is 1. The molecule has 0 spiro atoms. The second-order valence-corrected chi connectivity index (χ2v) is 5.51. The number of rotatable bonds is 5. The summed E-state index contributed by atoms with van der Waals surface area (Å²) in [5.74, 6) is -1.06. The second-order valence-electron chi connectivity index (χ2n) is 4.67. The van der Waals surface area contributed by atoms with E-state index >= 15 is 0 Å². The number of methoxy groups -OCH3 is 1. The van der Waals surface area contributed by atoms with Gasteiger partial charge in [-0.2, -0.15) is 5.10 Å². The Labute approximate surface area is 151 Å². The molecule has 2 rings (SSSR count). The lowest BCUT2D eigenvalue weighted by molar-refractivity contribution is -0.385. The van der Waals surface area contributed by atoms with Gasteiger partial charge in [0.25, 0.3) is 11.6 Å². The lowest BCUT2D eigenvalue weighted by Crippen LogP contribution is -2.18. The van der Waals surface area contributed by atoms with E-state index in [9.17, 15) is 20.0 Å². The normalized spacial score (nSPS) is 10.7. The van der Waals surface area contributed by atoms with Gasteiger partial charge in [-0.3, -0.25) is 14.9 Å². The van der Waals surface area contributed by atoms with E-state index in [4.69, 9.17) is 27.9 Å². The molecule has 0 saturated heterocycles. The molecule has 0 aliphatic carbocycles. The van der Waals surface area contributed by atoms with Crippen molar-refractivity contribution in [3.8, 4) is 11.5 Å². The summed E-state index contributed by atoms with van der Waals surface area (Å²) >= 11 is 11.7. The molecular formula is C15H11Cl2N3O5. The molecule has 130 valence electrons. The number of phenols is 1. The number of amides is 1. The summed E-state index contributed by atoms with van der Waals surface area (Å²) < 4.78 is 4.87. The van der Waals surface area contributed by atoms with Crippen molar-refractivity contribution in [2.45, 2.75) is 0 Å². The van der Waals surface area contributed by atoms with Crippen LogP contribution in [-0.2, 0) is 0 Å². The van der Waals surface area contributed by atoms with E-state index in [-0.39, 0.29) is 33.3 Å². The molecule has 0 saturated carbocycles. The monoisotopic (exact) mass is 383 g/mol. The fourth-order valence-electron chi connectivity index (χ4n) is 1.87. The number of nitrogens with one attached hydrogen (secondary N) is 1. The SMILES string of the molecule is COc1cc([N+](=O)[O-])cc(/C=N\NC(=O)c2ccc(Cl)cc2Cl)c1O. The third kappa shape index (κ3) is 4.37. The highest BCUT2D eigenvalue weighted by Crippen LogP contribution is 2.33. The van der Waals surface area contributed by atoms with E-state index in [0.29, 0.717) is 5.02 Å². The van der Waals surface area contributed by atoms with Crippen LogP contribution in [-0.4, -0.2) is 29.3 Å². The van der Waals surface area contributed by atoms with E-state index < -0.39 is 10.8 Å². The van der Waals surface area contributed by atoms with Crippen LogP contribution >= 0.6 is 23.2 Å². The molecule has 0 aliphatic rings. The molecule has 0 fully saturated rings. The van der Waals surface area contributed by atoms with Gasteiger partial charge < -0.3 is 9.84 Å². The van der Waals surface area contributed by atoms with Crippen LogP contribution in [0.3, 0.4) is 0 Å². The van der Waals surface area contributed by atoms with Crippen molar-refractivity contribution >= 4 is 41.0 Å². The molecule has 8 nitrogen and oxygen atoms in total. The number of nitro benzene ring substituents is 1. The summed E-state index contributed by atoms with van der Waals surface area (Å²) in [5.41, 5.74) is 2.04. The maximum Gasteiger partial charge on any atom is 0.274 e. The second kappa shape index (κ2) is 7.82. The van der Waals surface area contributed by atoms with E-state index in [2.05, 4.69) is 10.5 Å². The first kappa shape index (κ1) is 18.5. The van der Waals surface area contributed by atoms with E-state index in [1.54, 1.807) is 0 Å². The highest BCUT2D eigenvalue weighted by molar-refractivity contribution is 6.36. The third-order valence-electron chi connectivity index (χ3n) is 3.07. The van der Waals surface area contributed by atoms with Gasteiger partial charge in [0.15, 0.2) is 11.5 Å². The van der Waals surface area contributed by atoms with Crippen LogP contribution in [0.15, 0.2) is 35.4 Å². The van der Waals surface area contributed by atoms with Crippen LogP contribution in [0.25, 0.3) is 0 Å². The van der Waals surface area contributed by atoms with Crippen molar-refractivity contribution in [1.29, 1.82) is 0 Å². The number of benzene rings is 2. The Hall–Kier alpha value is -2.84. The molecule has 2 aromatic carbocycles. The molecule has 10 heteroatoms. The Balaban J connectivity index is 2.23. The molecule has 2 aromatic rings. The standard InChI is InChI=1S/C15H11Cl2N3O5/c1-25-13-6-10(20(23)24)4-8(14(13)21)7-18-19-15(22)11-3-2-9(16)5-12(11)17/h2-7,21H,1H3,(H,19,22)/b18-7-. The fraction of sp³-hybridized carbons (Fsp3) is 0.0667. The molecule has 0 aliphatic heterocycles. The van der Waals surface area contributed by atoms with E-state index in [0.717, 1.165) is 18.3 Å². The van der Waals surface area contributed by atoms with Crippen LogP contribution in [0, 0.1) is 10.1 Å². The lowest BCUT2D eigenvalue weighted by Gasteiger charge is -2.06. The molecular weight excluding hydrogens is 373 g/mol. The van der Waals surface area contributed by atoms with Gasteiger partial charge in [-0.05, 0) is 18.2 Å². The minimum atomic E-state index is -0.647. The lowest BCUT2D eigenvalue weighted by atomic mass is 10.1. The number of non-ortho nitro benzene ring substituents is 1. The van der Waals surface area contributed by atoms with Gasteiger partial charge in [0, 0.05) is 16.7 Å². The summed E-state index contributed by atoms with van der Waals surface area (Å²) in [6.07, 6.45) is 1.05. The van der Waals surface area contributed by atoms with E-state index in [1.165, 1.54) is 25.3 Å². The van der Waals surface area contributed by atoms with Crippen molar-refractivity contribution in [2.75, 3.05) is 7.11 Å². The van der Waals surface area contributed by atoms with Crippen molar-refractivity contribution in [3.05, 3.63) is 61.6 Å². The molecule has 2 N–H and O–H groups in total. The number of nitrogens with zero attached hydrogens (tertiary/aromatic N) is 2. The Morgan fingerprint density at radius 1 is 1.36 bits per heavy atom. The van der Waals surface area contributed by atoms with Crippen LogP contribution in [0.4, 0.5) is 5.69 Å². The fourth-order valence-corrected chi connectivity index (χ4v) is 2.36. The number of hydrazone groups is 1. The first-order valence-corrected chi connectivity index (χ1v) is 7.43. The van der Waals surface area contributed by atoms with Crippen molar-refractivity contribution in [1.82, 2.24) is 5.43 Å². The Morgan fingerprint density at radius 2 is 2.08 bits per heavy atom. The Kier molecular flexibility index (Phi) is 5.79. The zero-order valence-electron chi connectivity index (χ0n) is 12.7. The van der Waals surface area contributed by atoms with Gasteiger partial charge in [0.1, 0.15) is 0 Å². The smallest absolute Gasteiger partial charge is 0.274 e. The van der Waals surface area contributed by atoms with Crippen molar-refractivity contribution < 1.29 is 19.6 Å². The molecule has 0 atom stereocenters. The molecule has 0 aromatic heterocycles. The Morgan fingerprint density at radius 3 is 2.68 bits per heavy atom. The van der Waals surface area contributed by atoms with Gasteiger partial charge in [0.05, 0.1) is 34.9 Å². The zero-order valence-corrected chi connectivity index (χ0v) is 14.2. The van der Waals surface area contributed by atoms with Crippen LogP contribution in [0.1, 0.15) is 15.9 Å². The number of ether oxygens (including phenoxy) is 1. The van der Waals surface area contributed by atoms with E-state index in [1.807, 2.05) is 0 Å². The summed E-state index contributed by atoms with van der Waals surface area (Å²) in [4.78, 5) is 22.2.